The van der Waals surface area contributed by atoms with Gasteiger partial charge in [0.1, 0.15) is 0 Å². The third-order valence-electron chi connectivity index (χ3n) is 3.03. The second-order valence-corrected chi connectivity index (χ2v) is 6.19. The Morgan fingerprint density at radius 3 is 2.80 bits per heavy atom. The molecule has 20 heavy (non-hydrogen) atoms. The average Bonchev–Trinajstić information content (AvgIpc) is 2.87. The van der Waals surface area contributed by atoms with Crippen LogP contribution in [0, 0.1) is 5.82 Å². The van der Waals surface area contributed by atoms with Gasteiger partial charge in [-0.3, -0.25) is 0 Å². The Balaban J connectivity index is 2.44. The molecule has 0 amide bonds. The van der Waals surface area contributed by atoms with Gasteiger partial charge in [-0.25, -0.2) is 4.39 Å². The van der Waals surface area contributed by atoms with Crippen molar-refractivity contribution in [2.75, 3.05) is 13.7 Å². The summed E-state index contributed by atoms with van der Waals surface area (Å²) >= 11 is 5.14. The van der Waals surface area contributed by atoms with E-state index in [-0.39, 0.29) is 17.6 Å². The molecule has 1 heterocycles. The molecular formula is C15H17BrFNOS. The highest BCUT2D eigenvalue weighted by Gasteiger charge is 2.22. The van der Waals surface area contributed by atoms with Gasteiger partial charge in [0.05, 0.1) is 13.2 Å². The third kappa shape index (κ3) is 3.22. The third-order valence-corrected chi connectivity index (χ3v) is 4.97. The molecule has 1 unspecified atom stereocenters. The largest absolute Gasteiger partial charge is 0.494 e. The highest BCUT2D eigenvalue weighted by Crippen LogP contribution is 2.36. The minimum Gasteiger partial charge on any atom is -0.494 e. The second-order valence-electron chi connectivity index (χ2n) is 4.38. The maximum absolute atomic E-state index is 14.5. The van der Waals surface area contributed by atoms with Crippen molar-refractivity contribution < 1.29 is 9.13 Å². The summed E-state index contributed by atoms with van der Waals surface area (Å²) in [6, 6.07) is 7.08. The van der Waals surface area contributed by atoms with Crippen LogP contribution in [-0.4, -0.2) is 13.7 Å². The van der Waals surface area contributed by atoms with Gasteiger partial charge in [0.15, 0.2) is 11.6 Å². The first-order valence-corrected chi connectivity index (χ1v) is 8.15. The van der Waals surface area contributed by atoms with Crippen LogP contribution in [0.4, 0.5) is 4.39 Å². The van der Waals surface area contributed by atoms with Gasteiger partial charge in [-0.05, 0) is 46.4 Å². The fourth-order valence-corrected chi connectivity index (χ4v) is 3.75. The summed E-state index contributed by atoms with van der Waals surface area (Å²) in [7, 11) is 1.48. The molecule has 0 fully saturated rings. The number of halogens is 2. The molecule has 5 heteroatoms. The first-order valence-electron chi connectivity index (χ1n) is 6.47. The van der Waals surface area contributed by atoms with E-state index < -0.39 is 0 Å². The van der Waals surface area contributed by atoms with Crippen molar-refractivity contribution >= 4 is 27.3 Å². The first-order chi connectivity index (χ1) is 9.69. The first kappa shape index (κ1) is 15.5. The maximum atomic E-state index is 14.5. The zero-order valence-corrected chi connectivity index (χ0v) is 13.9. The van der Waals surface area contributed by atoms with E-state index in [1.807, 2.05) is 17.5 Å². The molecule has 0 saturated heterocycles. The lowest BCUT2D eigenvalue weighted by Gasteiger charge is -2.20. The van der Waals surface area contributed by atoms with Crippen LogP contribution in [0.5, 0.6) is 5.75 Å². The summed E-state index contributed by atoms with van der Waals surface area (Å²) < 4.78 is 20.6. The number of methoxy groups -OCH3 is 1. The SMILES string of the molecule is CCCNC(c1cccc(OC)c1F)c1sccc1Br. The smallest absolute Gasteiger partial charge is 0.170 e. The minimum atomic E-state index is -0.302. The van der Waals surface area contributed by atoms with E-state index in [4.69, 9.17) is 4.74 Å². The number of hydrogen-bond acceptors (Lipinski definition) is 3. The fourth-order valence-electron chi connectivity index (χ4n) is 2.05. The van der Waals surface area contributed by atoms with Gasteiger partial charge in [-0.15, -0.1) is 11.3 Å². The van der Waals surface area contributed by atoms with Crippen molar-refractivity contribution in [2.24, 2.45) is 0 Å². The number of nitrogens with one attached hydrogen (secondary N) is 1. The molecule has 1 aromatic carbocycles. The van der Waals surface area contributed by atoms with E-state index >= 15 is 0 Å². The summed E-state index contributed by atoms with van der Waals surface area (Å²) in [4.78, 5) is 1.07. The topological polar surface area (TPSA) is 21.3 Å². The van der Waals surface area contributed by atoms with E-state index in [0.717, 1.165) is 22.3 Å². The molecule has 2 aromatic rings. The normalized spacial score (nSPS) is 12.4. The van der Waals surface area contributed by atoms with Crippen molar-refractivity contribution in [1.29, 1.82) is 0 Å². The molecule has 1 aromatic heterocycles. The Morgan fingerprint density at radius 1 is 1.40 bits per heavy atom. The van der Waals surface area contributed by atoms with E-state index in [1.165, 1.54) is 7.11 Å². The second kappa shape index (κ2) is 7.20. The molecule has 2 nitrogen and oxygen atoms in total. The number of hydrogen-bond donors (Lipinski definition) is 1. The number of rotatable bonds is 6. The molecule has 0 aliphatic rings. The van der Waals surface area contributed by atoms with Crippen LogP contribution in [0.25, 0.3) is 0 Å². The Labute approximate surface area is 131 Å². The van der Waals surface area contributed by atoms with Crippen molar-refractivity contribution in [2.45, 2.75) is 19.4 Å². The zero-order chi connectivity index (χ0) is 14.5. The highest BCUT2D eigenvalue weighted by molar-refractivity contribution is 9.10. The molecule has 0 radical (unpaired) electrons. The Hall–Kier alpha value is -0.910. The average molecular weight is 358 g/mol. The summed E-state index contributed by atoms with van der Waals surface area (Å²) in [5.41, 5.74) is 0.612. The number of thiophene rings is 1. The molecule has 0 spiro atoms. The molecule has 0 saturated carbocycles. The van der Waals surface area contributed by atoms with Crippen molar-refractivity contribution in [3.63, 3.8) is 0 Å². The van der Waals surface area contributed by atoms with Gasteiger partial charge in [-0.1, -0.05) is 19.1 Å². The van der Waals surface area contributed by atoms with E-state index in [2.05, 4.69) is 28.2 Å². The van der Waals surface area contributed by atoms with E-state index in [0.29, 0.717) is 5.56 Å². The molecule has 1 atom stereocenters. The van der Waals surface area contributed by atoms with E-state index in [1.54, 1.807) is 23.5 Å². The Kier molecular flexibility index (Phi) is 5.57. The Morgan fingerprint density at radius 2 is 2.20 bits per heavy atom. The highest BCUT2D eigenvalue weighted by atomic mass is 79.9. The maximum Gasteiger partial charge on any atom is 0.170 e. The van der Waals surface area contributed by atoms with Crippen molar-refractivity contribution in [3.8, 4) is 5.75 Å². The number of ether oxygens (including phenoxy) is 1. The number of benzene rings is 1. The van der Waals surface area contributed by atoms with Crippen LogP contribution in [-0.2, 0) is 0 Å². The van der Waals surface area contributed by atoms with Gasteiger partial charge in [0, 0.05) is 14.9 Å². The lowest BCUT2D eigenvalue weighted by atomic mass is 10.0. The quantitative estimate of drug-likeness (QED) is 0.805. The van der Waals surface area contributed by atoms with Gasteiger partial charge in [0.25, 0.3) is 0 Å². The predicted molar refractivity (Wildman–Crippen MR) is 85.1 cm³/mol. The van der Waals surface area contributed by atoms with E-state index in [9.17, 15) is 4.39 Å². The molecule has 0 aliphatic carbocycles. The van der Waals surface area contributed by atoms with Gasteiger partial charge in [0.2, 0.25) is 0 Å². The predicted octanol–water partition coefficient (Wildman–Crippen LogP) is 4.75. The molecule has 2 rings (SSSR count). The molecular weight excluding hydrogens is 341 g/mol. The summed E-state index contributed by atoms with van der Waals surface area (Å²) in [5, 5.41) is 5.40. The van der Waals surface area contributed by atoms with Crippen LogP contribution < -0.4 is 10.1 Å². The van der Waals surface area contributed by atoms with Crippen LogP contribution in [0.3, 0.4) is 0 Å². The molecule has 1 N–H and O–H groups in total. The van der Waals surface area contributed by atoms with Crippen LogP contribution >= 0.6 is 27.3 Å². The minimum absolute atomic E-state index is 0.167. The fraction of sp³-hybridized carbons (Fsp3) is 0.333. The van der Waals surface area contributed by atoms with Crippen LogP contribution in [0.15, 0.2) is 34.1 Å². The lowest BCUT2D eigenvalue weighted by Crippen LogP contribution is -2.23. The molecule has 0 bridgehead atoms. The lowest BCUT2D eigenvalue weighted by molar-refractivity contribution is 0.381. The summed E-state index contributed by atoms with van der Waals surface area (Å²) in [5.74, 6) is -0.0256. The zero-order valence-electron chi connectivity index (χ0n) is 11.5. The molecule has 108 valence electrons. The Bertz CT molecular complexity index is 573. The van der Waals surface area contributed by atoms with Crippen LogP contribution in [0.2, 0.25) is 0 Å². The van der Waals surface area contributed by atoms with Gasteiger partial charge < -0.3 is 10.1 Å². The molecule has 0 aliphatic heterocycles. The van der Waals surface area contributed by atoms with Crippen molar-refractivity contribution in [3.05, 3.63) is 50.4 Å². The monoisotopic (exact) mass is 357 g/mol. The van der Waals surface area contributed by atoms with Crippen LogP contribution in [0.1, 0.15) is 29.8 Å². The van der Waals surface area contributed by atoms with Crippen molar-refractivity contribution in [1.82, 2.24) is 5.32 Å². The summed E-state index contributed by atoms with van der Waals surface area (Å²) in [6.07, 6.45) is 0.991. The van der Waals surface area contributed by atoms with Gasteiger partial charge in [-0.2, -0.15) is 0 Å². The summed E-state index contributed by atoms with van der Waals surface area (Å²) in [6.45, 7) is 2.92. The standard InChI is InChI=1S/C15H17BrFNOS/c1-3-8-18-14(15-11(16)7-9-20-15)10-5-4-6-12(19-2)13(10)17/h4-7,9,14,18H,3,8H2,1-2H3. The van der Waals surface area contributed by atoms with Gasteiger partial charge >= 0.3 is 0 Å².